The summed E-state index contributed by atoms with van der Waals surface area (Å²) in [5.41, 5.74) is 0.784. The lowest BCUT2D eigenvalue weighted by Crippen LogP contribution is -2.34. The van der Waals surface area contributed by atoms with Gasteiger partial charge in [-0.25, -0.2) is 0 Å². The normalized spacial score (nSPS) is 10.0. The van der Waals surface area contributed by atoms with Gasteiger partial charge in [0, 0.05) is 22.9 Å². The van der Waals surface area contributed by atoms with Crippen LogP contribution in [0.1, 0.15) is 34.6 Å². The summed E-state index contributed by atoms with van der Waals surface area (Å²) in [7, 11) is 0. The van der Waals surface area contributed by atoms with E-state index in [0.717, 1.165) is 6.07 Å². The Morgan fingerprint density at radius 1 is 1.19 bits per heavy atom. The van der Waals surface area contributed by atoms with Gasteiger partial charge in [0.25, 0.3) is 5.91 Å². The molecule has 2 aromatic rings. The number of anilines is 1. The van der Waals surface area contributed by atoms with Gasteiger partial charge in [-0.3, -0.25) is 25.0 Å². The Morgan fingerprint density at radius 3 is 2.56 bits per heavy atom. The molecule has 0 aliphatic rings. The summed E-state index contributed by atoms with van der Waals surface area (Å²) in [6.07, 6.45) is 0. The van der Waals surface area contributed by atoms with Crippen LogP contribution in [0.15, 0.2) is 42.5 Å². The highest BCUT2D eigenvalue weighted by Gasteiger charge is 2.19. The Kier molecular flexibility index (Phi) is 6.56. The Balaban J connectivity index is 2.11. The highest BCUT2D eigenvalue weighted by atomic mass is 32.1. The number of benzene rings is 2. The number of ether oxygens (including phenoxy) is 1. The maximum absolute atomic E-state index is 12.3. The number of nitro groups is 1. The second-order valence-electron chi connectivity index (χ2n) is 5.42. The van der Waals surface area contributed by atoms with Crippen molar-refractivity contribution in [1.82, 2.24) is 5.32 Å². The van der Waals surface area contributed by atoms with Gasteiger partial charge in [-0.05, 0) is 50.3 Å². The maximum Gasteiger partial charge on any atom is 0.311 e. The van der Waals surface area contributed by atoms with E-state index in [2.05, 4.69) is 10.6 Å². The van der Waals surface area contributed by atoms with Crippen molar-refractivity contribution >= 4 is 40.4 Å². The molecule has 0 fully saturated rings. The molecule has 0 aliphatic heterocycles. The predicted molar refractivity (Wildman–Crippen MR) is 104 cm³/mol. The smallest absolute Gasteiger partial charge is 0.311 e. The zero-order chi connectivity index (χ0) is 20.0. The van der Waals surface area contributed by atoms with Gasteiger partial charge < -0.3 is 10.1 Å². The number of hydrogen-bond donors (Lipinski definition) is 2. The van der Waals surface area contributed by atoms with Crippen LogP contribution in [0.5, 0.6) is 5.75 Å². The Bertz CT molecular complexity index is 914. The molecule has 2 N–H and O–H groups in total. The molecule has 0 heterocycles. The van der Waals surface area contributed by atoms with Gasteiger partial charge in [-0.2, -0.15) is 0 Å². The third-order valence-corrected chi connectivity index (χ3v) is 3.68. The summed E-state index contributed by atoms with van der Waals surface area (Å²) in [6.45, 7) is 3.41. The second kappa shape index (κ2) is 8.86. The predicted octanol–water partition coefficient (Wildman–Crippen LogP) is 3.32. The molecule has 27 heavy (non-hydrogen) atoms. The average Bonchev–Trinajstić information content (AvgIpc) is 2.62. The molecule has 0 bridgehead atoms. The largest absolute Gasteiger partial charge is 0.487 e. The summed E-state index contributed by atoms with van der Waals surface area (Å²) < 4.78 is 5.18. The van der Waals surface area contributed by atoms with E-state index in [1.165, 1.54) is 19.1 Å². The molecule has 2 rings (SSSR count). The molecule has 9 heteroatoms. The molecule has 0 saturated heterocycles. The van der Waals surface area contributed by atoms with Gasteiger partial charge in [0.1, 0.15) is 0 Å². The molecule has 0 aliphatic carbocycles. The lowest BCUT2D eigenvalue weighted by Gasteiger charge is -2.11. The first-order valence-electron chi connectivity index (χ1n) is 7.96. The number of ketones is 1. The molecule has 0 saturated carbocycles. The Morgan fingerprint density at radius 2 is 1.93 bits per heavy atom. The number of nitrogens with one attached hydrogen (secondary N) is 2. The molecule has 1 amide bonds. The zero-order valence-electron chi connectivity index (χ0n) is 14.6. The van der Waals surface area contributed by atoms with E-state index in [4.69, 9.17) is 17.0 Å². The van der Waals surface area contributed by atoms with Gasteiger partial charge in [0.15, 0.2) is 16.6 Å². The van der Waals surface area contributed by atoms with Crippen LogP contribution < -0.4 is 15.4 Å². The van der Waals surface area contributed by atoms with Gasteiger partial charge in [-0.15, -0.1) is 0 Å². The van der Waals surface area contributed by atoms with Crippen molar-refractivity contribution in [2.75, 3.05) is 11.9 Å². The number of carbonyl (C=O) groups excluding carboxylic acids is 2. The van der Waals surface area contributed by atoms with E-state index >= 15 is 0 Å². The summed E-state index contributed by atoms with van der Waals surface area (Å²) in [5.74, 6) is -0.627. The maximum atomic E-state index is 12.3. The van der Waals surface area contributed by atoms with Crippen molar-refractivity contribution in [2.24, 2.45) is 0 Å². The van der Waals surface area contributed by atoms with Crippen LogP contribution in [0, 0.1) is 10.1 Å². The molecule has 0 aromatic heterocycles. The van der Waals surface area contributed by atoms with Crippen molar-refractivity contribution < 1.29 is 19.2 Å². The molecular weight excluding hydrogens is 370 g/mol. The molecule has 8 nitrogen and oxygen atoms in total. The molecule has 0 spiro atoms. The minimum absolute atomic E-state index is 0.00256. The zero-order valence-corrected chi connectivity index (χ0v) is 15.5. The second-order valence-corrected chi connectivity index (χ2v) is 5.83. The number of amides is 1. The fourth-order valence-corrected chi connectivity index (χ4v) is 2.44. The highest BCUT2D eigenvalue weighted by molar-refractivity contribution is 7.80. The van der Waals surface area contributed by atoms with Crippen LogP contribution >= 0.6 is 12.2 Å². The van der Waals surface area contributed by atoms with Gasteiger partial charge in [-0.1, -0.05) is 12.1 Å². The van der Waals surface area contributed by atoms with E-state index in [1.54, 1.807) is 31.2 Å². The van der Waals surface area contributed by atoms with Crippen LogP contribution in [-0.4, -0.2) is 28.3 Å². The molecule has 0 atom stereocenters. The first-order chi connectivity index (χ1) is 12.8. The third kappa shape index (κ3) is 5.32. The number of Topliss-reactive ketones (excluding diaryl/α,β-unsaturated/α-hetero) is 1. The van der Waals surface area contributed by atoms with Gasteiger partial charge >= 0.3 is 5.69 Å². The summed E-state index contributed by atoms with van der Waals surface area (Å²) in [5, 5.41) is 16.4. The fourth-order valence-electron chi connectivity index (χ4n) is 2.23. The SMILES string of the molecule is CCOc1ccc(C(=O)NC(=S)Nc2cccc(C(C)=O)c2)cc1[N+](=O)[O-]. The van der Waals surface area contributed by atoms with Crippen molar-refractivity contribution in [3.8, 4) is 5.75 Å². The number of nitro benzene ring substituents is 1. The first kappa shape index (κ1) is 20.0. The molecule has 0 radical (unpaired) electrons. The number of nitrogens with zero attached hydrogens (tertiary/aromatic N) is 1. The van der Waals surface area contributed by atoms with E-state index in [0.29, 0.717) is 11.3 Å². The van der Waals surface area contributed by atoms with E-state index < -0.39 is 10.8 Å². The van der Waals surface area contributed by atoms with Crippen LogP contribution in [0.2, 0.25) is 0 Å². The molecule has 2 aromatic carbocycles. The van der Waals surface area contributed by atoms with Crippen molar-refractivity contribution in [1.29, 1.82) is 0 Å². The van der Waals surface area contributed by atoms with E-state index in [9.17, 15) is 19.7 Å². The average molecular weight is 387 g/mol. The van der Waals surface area contributed by atoms with Crippen molar-refractivity contribution in [2.45, 2.75) is 13.8 Å². The Hall–Kier alpha value is -3.33. The molecular formula is C18H17N3O5S. The van der Waals surface area contributed by atoms with Gasteiger partial charge in [0.05, 0.1) is 11.5 Å². The van der Waals surface area contributed by atoms with Crippen LogP contribution in [0.4, 0.5) is 11.4 Å². The molecule has 0 unspecified atom stereocenters. The summed E-state index contributed by atoms with van der Waals surface area (Å²) in [6, 6.07) is 10.5. The van der Waals surface area contributed by atoms with Crippen molar-refractivity contribution in [3.63, 3.8) is 0 Å². The van der Waals surface area contributed by atoms with Crippen molar-refractivity contribution in [3.05, 3.63) is 63.7 Å². The van der Waals surface area contributed by atoms with E-state index in [1.807, 2.05) is 0 Å². The number of hydrogen-bond acceptors (Lipinski definition) is 6. The van der Waals surface area contributed by atoms with E-state index in [-0.39, 0.29) is 34.5 Å². The van der Waals surface area contributed by atoms with Gasteiger partial charge in [0.2, 0.25) is 0 Å². The number of carbonyl (C=O) groups is 2. The lowest BCUT2D eigenvalue weighted by molar-refractivity contribution is -0.385. The monoisotopic (exact) mass is 387 g/mol. The fraction of sp³-hybridized carbons (Fsp3) is 0.167. The standard InChI is InChI=1S/C18H17N3O5S/c1-3-26-16-8-7-13(10-15(16)21(24)25)17(23)20-18(27)19-14-6-4-5-12(9-14)11(2)22/h4-10H,3H2,1-2H3,(H2,19,20,23,27). The van der Waals surface area contributed by atoms with Crippen LogP contribution in [0.25, 0.3) is 0 Å². The summed E-state index contributed by atoms with van der Waals surface area (Å²) >= 11 is 5.09. The highest BCUT2D eigenvalue weighted by Crippen LogP contribution is 2.28. The number of thiocarbonyl (C=S) groups is 1. The lowest BCUT2D eigenvalue weighted by atomic mass is 10.1. The van der Waals surface area contributed by atoms with Crippen LogP contribution in [0.3, 0.4) is 0 Å². The minimum atomic E-state index is -0.619. The van der Waals surface area contributed by atoms with Crippen LogP contribution in [-0.2, 0) is 0 Å². The minimum Gasteiger partial charge on any atom is -0.487 e. The summed E-state index contributed by atoms with van der Waals surface area (Å²) in [4.78, 5) is 34.3. The topological polar surface area (TPSA) is 111 Å². The quantitative estimate of drug-likeness (QED) is 0.338. The number of rotatable bonds is 6. The molecule has 140 valence electrons. The first-order valence-corrected chi connectivity index (χ1v) is 8.37. The third-order valence-electron chi connectivity index (χ3n) is 3.47. The Labute approximate surface area is 160 Å².